The molecule has 3 saturated heterocycles. The van der Waals surface area contributed by atoms with Crippen LogP contribution >= 0.6 is 0 Å². The highest BCUT2D eigenvalue weighted by Gasteiger charge is 2.47. The van der Waals surface area contributed by atoms with Crippen LogP contribution in [0.2, 0.25) is 0 Å². The van der Waals surface area contributed by atoms with Crippen molar-refractivity contribution in [2.45, 2.75) is 50.1 Å². The fourth-order valence-corrected chi connectivity index (χ4v) is 4.38. The maximum Gasteiger partial charge on any atom is 0.490 e. The lowest BCUT2D eigenvalue weighted by molar-refractivity contribution is -0.193. The molecule has 222 valence electrons. The summed E-state index contributed by atoms with van der Waals surface area (Å²) in [4.78, 5) is 33.5. The van der Waals surface area contributed by atoms with Crippen LogP contribution in [0.5, 0.6) is 0 Å². The van der Waals surface area contributed by atoms with Gasteiger partial charge < -0.3 is 29.6 Å². The van der Waals surface area contributed by atoms with Crippen molar-refractivity contribution in [2.75, 3.05) is 63.2 Å². The molecule has 3 aliphatic rings. The van der Waals surface area contributed by atoms with Gasteiger partial charge in [0, 0.05) is 26.7 Å². The van der Waals surface area contributed by atoms with E-state index in [9.17, 15) is 26.3 Å². The summed E-state index contributed by atoms with van der Waals surface area (Å²) in [6, 6.07) is 2.06. The van der Waals surface area contributed by atoms with Crippen molar-refractivity contribution in [3.63, 3.8) is 0 Å². The molecule has 0 radical (unpaired) electrons. The van der Waals surface area contributed by atoms with Gasteiger partial charge in [-0.05, 0) is 44.7 Å². The molecule has 4 rings (SSSR count). The Morgan fingerprint density at radius 2 is 1.56 bits per heavy atom. The molecule has 10 nitrogen and oxygen atoms in total. The number of hydrogen-bond acceptors (Lipinski definition) is 8. The number of carboxylic acid groups (broad SMARTS) is 2. The number of carboxylic acids is 2. The van der Waals surface area contributed by atoms with Gasteiger partial charge in [-0.15, -0.1) is 0 Å². The second-order valence-electron chi connectivity index (χ2n) is 9.85. The van der Waals surface area contributed by atoms with Crippen molar-refractivity contribution >= 4 is 23.6 Å². The van der Waals surface area contributed by atoms with Crippen LogP contribution in [-0.2, 0) is 14.3 Å². The van der Waals surface area contributed by atoms with Gasteiger partial charge in [0.05, 0.1) is 19.7 Å². The van der Waals surface area contributed by atoms with Crippen LogP contribution in [0, 0.1) is 5.92 Å². The second kappa shape index (κ2) is 13.5. The van der Waals surface area contributed by atoms with Gasteiger partial charge >= 0.3 is 24.3 Å². The van der Waals surface area contributed by atoms with E-state index < -0.39 is 24.3 Å². The maximum atomic E-state index is 10.6. The number of nitrogens with zero attached hydrogens (tertiary/aromatic N) is 5. The molecule has 1 aromatic heterocycles. The van der Waals surface area contributed by atoms with E-state index in [4.69, 9.17) is 24.5 Å². The molecule has 2 N–H and O–H groups in total. The molecule has 0 aliphatic carbocycles. The summed E-state index contributed by atoms with van der Waals surface area (Å²) < 4.78 is 69.8. The molecule has 39 heavy (non-hydrogen) atoms. The highest BCUT2D eigenvalue weighted by molar-refractivity contribution is 5.73. The fraction of sp³-hybridized carbons (Fsp3) is 0.739. The molecule has 0 amide bonds. The summed E-state index contributed by atoms with van der Waals surface area (Å²) in [5.41, 5.74) is 0.0711. The fourth-order valence-electron chi connectivity index (χ4n) is 4.38. The molecule has 3 fully saturated rings. The Morgan fingerprint density at radius 3 is 2.00 bits per heavy atom. The normalized spacial score (nSPS) is 21.0. The van der Waals surface area contributed by atoms with E-state index in [2.05, 4.69) is 25.8 Å². The molecule has 1 atom stereocenters. The summed E-state index contributed by atoms with van der Waals surface area (Å²) in [5.74, 6) is -2.82. The zero-order chi connectivity index (χ0) is 29.4. The first-order chi connectivity index (χ1) is 18.0. The van der Waals surface area contributed by atoms with Crippen molar-refractivity contribution < 1.29 is 50.9 Å². The Bertz CT molecular complexity index is 916. The van der Waals surface area contributed by atoms with E-state index in [0.717, 1.165) is 37.3 Å². The molecule has 0 saturated carbocycles. The minimum absolute atomic E-state index is 0.0711. The average Bonchev–Trinajstić information content (AvgIpc) is 2.83. The monoisotopic (exact) mass is 573 g/mol. The van der Waals surface area contributed by atoms with E-state index in [1.54, 1.807) is 6.33 Å². The van der Waals surface area contributed by atoms with Gasteiger partial charge in [-0.3, -0.25) is 0 Å². The van der Waals surface area contributed by atoms with Gasteiger partial charge in [0.2, 0.25) is 0 Å². The Labute approximate surface area is 221 Å². The SMILES string of the molecule is CN(C)c1cc(N2CC3(CCC(CN4CCCCC4)CO3)C2)ncn1.O=C(O)C(F)(F)F.O=C(O)C(F)(F)F. The number of anilines is 2. The van der Waals surface area contributed by atoms with Crippen LogP contribution in [0.1, 0.15) is 32.1 Å². The van der Waals surface area contributed by atoms with Crippen molar-refractivity contribution in [2.24, 2.45) is 5.92 Å². The molecule has 0 bridgehead atoms. The van der Waals surface area contributed by atoms with Crippen LogP contribution in [0.3, 0.4) is 0 Å². The molecule has 0 aromatic carbocycles. The number of hydrogen-bond donors (Lipinski definition) is 2. The smallest absolute Gasteiger partial charge is 0.475 e. The number of rotatable bonds is 4. The van der Waals surface area contributed by atoms with E-state index in [0.29, 0.717) is 0 Å². The molecule has 16 heteroatoms. The lowest BCUT2D eigenvalue weighted by Gasteiger charge is -2.53. The van der Waals surface area contributed by atoms with Crippen LogP contribution < -0.4 is 9.80 Å². The number of carbonyl (C=O) groups is 2. The first-order valence-electron chi connectivity index (χ1n) is 12.2. The lowest BCUT2D eigenvalue weighted by atomic mass is 9.82. The molecule has 1 unspecified atom stereocenters. The third-order valence-electron chi connectivity index (χ3n) is 6.46. The highest BCUT2D eigenvalue weighted by Crippen LogP contribution is 2.38. The van der Waals surface area contributed by atoms with Gasteiger partial charge in [0.25, 0.3) is 0 Å². The molecular weight excluding hydrogens is 540 g/mol. The molecule has 3 aliphatic heterocycles. The lowest BCUT2D eigenvalue weighted by Crippen LogP contribution is -2.65. The Kier molecular flexibility index (Phi) is 11.2. The standard InChI is InChI=1S/C19H31N5O.2C2HF3O2/c1-22(2)17-10-18(21-15-20-17)24-13-19(14-24)7-6-16(12-25-19)11-23-8-4-3-5-9-23;2*3-2(4,5)1(6)7/h10,15-16H,3-9,11-14H2,1-2H3;2*(H,6,7). The van der Waals surface area contributed by atoms with Crippen molar-refractivity contribution in [3.8, 4) is 0 Å². The first kappa shape index (κ1) is 32.3. The third kappa shape index (κ3) is 10.3. The Morgan fingerprint density at radius 1 is 1.03 bits per heavy atom. The number of aliphatic carboxylic acids is 2. The average molecular weight is 574 g/mol. The maximum absolute atomic E-state index is 10.6. The summed E-state index contributed by atoms with van der Waals surface area (Å²) in [6.07, 6.45) is -1.85. The highest BCUT2D eigenvalue weighted by atomic mass is 19.4. The summed E-state index contributed by atoms with van der Waals surface area (Å²) in [5, 5.41) is 14.2. The van der Waals surface area contributed by atoms with Gasteiger partial charge in [-0.1, -0.05) is 6.42 Å². The van der Waals surface area contributed by atoms with Crippen molar-refractivity contribution in [1.29, 1.82) is 0 Å². The van der Waals surface area contributed by atoms with Gasteiger partial charge in [-0.25, -0.2) is 19.6 Å². The Hall–Kier alpha value is -2.88. The van der Waals surface area contributed by atoms with E-state index in [-0.39, 0.29) is 5.60 Å². The topological polar surface area (TPSA) is 119 Å². The van der Waals surface area contributed by atoms with E-state index >= 15 is 0 Å². The second-order valence-corrected chi connectivity index (χ2v) is 9.85. The van der Waals surface area contributed by atoms with Crippen molar-refractivity contribution in [3.05, 3.63) is 12.4 Å². The van der Waals surface area contributed by atoms with Crippen LogP contribution in [0.25, 0.3) is 0 Å². The molecule has 1 aromatic rings. The number of ether oxygens (including phenoxy) is 1. The largest absolute Gasteiger partial charge is 0.490 e. The Balaban J connectivity index is 0.000000317. The summed E-state index contributed by atoms with van der Waals surface area (Å²) in [6.45, 7) is 6.67. The van der Waals surface area contributed by atoms with Crippen molar-refractivity contribution in [1.82, 2.24) is 14.9 Å². The van der Waals surface area contributed by atoms with E-state index in [1.807, 2.05) is 19.0 Å². The van der Waals surface area contributed by atoms with Crippen LogP contribution in [0.15, 0.2) is 12.4 Å². The minimum atomic E-state index is -5.08. The number of alkyl halides is 6. The molecule has 4 heterocycles. The predicted octanol–water partition coefficient (Wildman–Crippen LogP) is 3.28. The third-order valence-corrected chi connectivity index (χ3v) is 6.46. The quantitative estimate of drug-likeness (QED) is 0.520. The van der Waals surface area contributed by atoms with Gasteiger partial charge in [0.1, 0.15) is 23.6 Å². The summed E-state index contributed by atoms with van der Waals surface area (Å²) in [7, 11) is 4.02. The number of piperidine rings is 1. The molecular formula is C23H33F6N5O5. The minimum Gasteiger partial charge on any atom is -0.475 e. The number of aromatic nitrogens is 2. The van der Waals surface area contributed by atoms with Gasteiger partial charge in [0.15, 0.2) is 0 Å². The zero-order valence-electron chi connectivity index (χ0n) is 21.6. The number of likely N-dealkylation sites (tertiary alicyclic amines) is 1. The molecule has 1 spiro atoms. The summed E-state index contributed by atoms with van der Waals surface area (Å²) >= 11 is 0. The number of halogens is 6. The van der Waals surface area contributed by atoms with Crippen LogP contribution in [0.4, 0.5) is 38.0 Å². The van der Waals surface area contributed by atoms with Gasteiger partial charge in [-0.2, -0.15) is 26.3 Å². The zero-order valence-corrected chi connectivity index (χ0v) is 21.6. The first-order valence-corrected chi connectivity index (χ1v) is 12.2. The predicted molar refractivity (Wildman–Crippen MR) is 128 cm³/mol. The van der Waals surface area contributed by atoms with Crippen LogP contribution in [-0.4, -0.2) is 108 Å². The van der Waals surface area contributed by atoms with E-state index in [1.165, 1.54) is 51.7 Å².